The van der Waals surface area contributed by atoms with Gasteiger partial charge in [-0.05, 0) is 36.2 Å². The van der Waals surface area contributed by atoms with Crippen molar-refractivity contribution in [3.05, 3.63) is 100 Å². The molecule has 2 amide bonds. The monoisotopic (exact) mass is 429 g/mol. The van der Waals surface area contributed by atoms with Crippen LogP contribution >= 0.6 is 0 Å². The van der Waals surface area contributed by atoms with Gasteiger partial charge in [0.25, 0.3) is 11.6 Å². The molecule has 3 atom stereocenters. The first-order chi connectivity index (χ1) is 15.5. The van der Waals surface area contributed by atoms with Gasteiger partial charge < -0.3 is 0 Å². The number of hydroxylamine groups is 1. The van der Waals surface area contributed by atoms with E-state index in [1.54, 1.807) is 29.3 Å². The highest BCUT2D eigenvalue weighted by Gasteiger charge is 2.60. The van der Waals surface area contributed by atoms with Gasteiger partial charge in [0.15, 0.2) is 6.10 Å². The van der Waals surface area contributed by atoms with Crippen LogP contribution in [0.1, 0.15) is 17.2 Å². The summed E-state index contributed by atoms with van der Waals surface area (Å²) < 4.78 is 0. The molecule has 0 N–H and O–H groups in total. The van der Waals surface area contributed by atoms with Crippen molar-refractivity contribution in [2.75, 3.05) is 9.96 Å². The molecule has 32 heavy (non-hydrogen) atoms. The van der Waals surface area contributed by atoms with Crippen LogP contribution in [0.25, 0.3) is 0 Å². The summed E-state index contributed by atoms with van der Waals surface area (Å²) >= 11 is 0. The Morgan fingerprint density at radius 1 is 0.875 bits per heavy atom. The van der Waals surface area contributed by atoms with E-state index in [0.29, 0.717) is 16.9 Å². The average Bonchev–Trinajstić information content (AvgIpc) is 3.31. The molecule has 0 radical (unpaired) electrons. The highest BCUT2D eigenvalue weighted by atomic mass is 16.7. The summed E-state index contributed by atoms with van der Waals surface area (Å²) in [6, 6.07) is 21.8. The van der Waals surface area contributed by atoms with Crippen molar-refractivity contribution in [3.8, 4) is 0 Å². The van der Waals surface area contributed by atoms with E-state index < -0.39 is 28.9 Å². The van der Waals surface area contributed by atoms with E-state index in [0.717, 1.165) is 5.56 Å². The van der Waals surface area contributed by atoms with Crippen molar-refractivity contribution in [1.82, 2.24) is 0 Å². The number of nitro groups is 1. The molecule has 8 nitrogen and oxygen atoms in total. The van der Waals surface area contributed by atoms with Gasteiger partial charge in [-0.3, -0.25) is 24.5 Å². The summed E-state index contributed by atoms with van der Waals surface area (Å²) in [6.45, 7) is 1.84. The summed E-state index contributed by atoms with van der Waals surface area (Å²) in [5.74, 6) is -1.56. The van der Waals surface area contributed by atoms with E-state index in [4.69, 9.17) is 4.84 Å². The lowest BCUT2D eigenvalue weighted by molar-refractivity contribution is -0.384. The Morgan fingerprint density at radius 2 is 1.53 bits per heavy atom. The number of hydrogen-bond donors (Lipinski definition) is 0. The molecule has 8 heteroatoms. The number of aryl methyl sites for hydroxylation is 1. The van der Waals surface area contributed by atoms with Crippen LogP contribution in [0.2, 0.25) is 0 Å². The summed E-state index contributed by atoms with van der Waals surface area (Å²) in [5.41, 5.74) is 2.63. The lowest BCUT2D eigenvalue weighted by atomic mass is 9.90. The fourth-order valence-electron chi connectivity index (χ4n) is 4.40. The van der Waals surface area contributed by atoms with E-state index in [2.05, 4.69) is 0 Å². The van der Waals surface area contributed by atoms with Crippen LogP contribution in [0.3, 0.4) is 0 Å². The maximum absolute atomic E-state index is 13.6. The van der Waals surface area contributed by atoms with E-state index in [-0.39, 0.29) is 11.6 Å². The molecule has 0 saturated carbocycles. The van der Waals surface area contributed by atoms with Crippen LogP contribution in [-0.4, -0.2) is 22.8 Å². The number of anilines is 2. The fraction of sp³-hybridized carbons (Fsp3) is 0.167. The largest absolute Gasteiger partial charge is 0.273 e. The van der Waals surface area contributed by atoms with Gasteiger partial charge in [-0.1, -0.05) is 48.5 Å². The van der Waals surface area contributed by atoms with Crippen LogP contribution < -0.4 is 9.96 Å². The average molecular weight is 429 g/mol. The maximum Gasteiger partial charge on any atom is 0.269 e. The molecule has 2 saturated heterocycles. The van der Waals surface area contributed by atoms with Crippen LogP contribution in [-0.2, 0) is 14.4 Å². The molecule has 0 aliphatic carbocycles. The lowest BCUT2D eigenvalue weighted by Crippen LogP contribution is -2.37. The third-order valence-corrected chi connectivity index (χ3v) is 5.93. The first-order valence-corrected chi connectivity index (χ1v) is 10.2. The highest BCUT2D eigenvalue weighted by Crippen LogP contribution is 2.48. The maximum atomic E-state index is 13.6. The first-order valence-electron chi connectivity index (χ1n) is 10.2. The topological polar surface area (TPSA) is 93.0 Å². The van der Waals surface area contributed by atoms with Crippen molar-refractivity contribution >= 4 is 28.9 Å². The van der Waals surface area contributed by atoms with E-state index in [1.165, 1.54) is 17.0 Å². The van der Waals surface area contributed by atoms with Gasteiger partial charge in [0.1, 0.15) is 5.92 Å². The molecule has 2 heterocycles. The standard InChI is InChI=1S/C24H19N3O5/c1-15-7-5-6-10-19(15)25-23(28)20-21(16-11-13-18(14-12-16)27(30)31)26(32-22(20)24(25)29)17-8-3-2-4-9-17/h2-14,20-22H,1H3/t20-,21-,22+/m0/s1. The van der Waals surface area contributed by atoms with Crippen LogP contribution in [0.15, 0.2) is 78.9 Å². The summed E-state index contributed by atoms with van der Waals surface area (Å²) in [6.07, 6.45) is -0.984. The number of non-ortho nitro benzene ring substituents is 1. The molecule has 0 aromatic heterocycles. The Morgan fingerprint density at radius 3 is 2.19 bits per heavy atom. The quantitative estimate of drug-likeness (QED) is 0.354. The molecule has 5 rings (SSSR count). The number of nitro benzene ring substituents is 1. The number of hydrogen-bond acceptors (Lipinski definition) is 6. The number of amides is 2. The minimum absolute atomic E-state index is 0.0501. The second kappa shape index (κ2) is 7.58. The summed E-state index contributed by atoms with van der Waals surface area (Å²) in [7, 11) is 0. The lowest BCUT2D eigenvalue weighted by Gasteiger charge is -2.29. The van der Waals surface area contributed by atoms with Crippen molar-refractivity contribution in [2.24, 2.45) is 5.92 Å². The van der Waals surface area contributed by atoms with Gasteiger partial charge in [0, 0.05) is 12.1 Å². The number of benzene rings is 3. The Kier molecular flexibility index (Phi) is 4.71. The minimum atomic E-state index is -0.984. The SMILES string of the molecule is Cc1ccccc1N1C(=O)[C@@H]2[C@@H](ON(c3ccccc3)[C@H]2c2ccc([N+](=O)[O-])cc2)C1=O. The zero-order valence-corrected chi connectivity index (χ0v) is 17.1. The number of imide groups is 1. The molecule has 0 spiro atoms. The second-order valence-electron chi connectivity index (χ2n) is 7.80. The molecule has 0 unspecified atom stereocenters. The molecule has 3 aromatic carbocycles. The van der Waals surface area contributed by atoms with Gasteiger partial charge in [-0.25, -0.2) is 9.96 Å². The molecule has 2 aliphatic rings. The number of fused-ring (bicyclic) bond motifs is 1. The zero-order valence-electron chi connectivity index (χ0n) is 17.1. The van der Waals surface area contributed by atoms with Gasteiger partial charge in [-0.15, -0.1) is 0 Å². The Hall–Kier alpha value is -4.04. The molecule has 160 valence electrons. The predicted octanol–water partition coefficient (Wildman–Crippen LogP) is 3.95. The predicted molar refractivity (Wildman–Crippen MR) is 117 cm³/mol. The van der Waals surface area contributed by atoms with E-state index in [9.17, 15) is 19.7 Å². The molecule has 0 bridgehead atoms. The molecule has 2 aliphatic heterocycles. The summed E-state index contributed by atoms with van der Waals surface area (Å²) in [5, 5.41) is 12.7. The van der Waals surface area contributed by atoms with Crippen molar-refractivity contribution in [2.45, 2.75) is 19.1 Å². The summed E-state index contributed by atoms with van der Waals surface area (Å²) in [4.78, 5) is 44.8. The third kappa shape index (κ3) is 3.04. The normalized spacial score (nSPS) is 22.3. The first kappa shape index (κ1) is 19.9. The van der Waals surface area contributed by atoms with Crippen LogP contribution in [0.4, 0.5) is 17.1 Å². The highest BCUT2D eigenvalue weighted by molar-refractivity contribution is 6.24. The number of para-hydroxylation sites is 2. The number of carbonyl (C=O) groups excluding carboxylic acids is 2. The minimum Gasteiger partial charge on any atom is -0.273 e. The van der Waals surface area contributed by atoms with E-state index >= 15 is 0 Å². The smallest absolute Gasteiger partial charge is 0.269 e. The number of rotatable bonds is 4. The van der Waals surface area contributed by atoms with Crippen molar-refractivity contribution in [3.63, 3.8) is 0 Å². The Labute approximate surface area is 183 Å². The molecule has 3 aromatic rings. The van der Waals surface area contributed by atoms with E-state index in [1.807, 2.05) is 49.4 Å². The molecular weight excluding hydrogens is 410 g/mol. The zero-order chi connectivity index (χ0) is 22.4. The van der Waals surface area contributed by atoms with Crippen LogP contribution in [0.5, 0.6) is 0 Å². The third-order valence-electron chi connectivity index (χ3n) is 5.93. The Balaban J connectivity index is 1.59. The van der Waals surface area contributed by atoms with Gasteiger partial charge >= 0.3 is 0 Å². The van der Waals surface area contributed by atoms with Gasteiger partial charge in [-0.2, -0.15) is 0 Å². The fourth-order valence-corrected chi connectivity index (χ4v) is 4.40. The Bertz CT molecular complexity index is 1210. The molecule has 2 fully saturated rings. The second-order valence-corrected chi connectivity index (χ2v) is 7.80. The van der Waals surface area contributed by atoms with Crippen molar-refractivity contribution in [1.29, 1.82) is 0 Å². The van der Waals surface area contributed by atoms with Gasteiger partial charge in [0.05, 0.1) is 22.3 Å². The van der Waals surface area contributed by atoms with Crippen molar-refractivity contribution < 1.29 is 19.3 Å². The van der Waals surface area contributed by atoms with Gasteiger partial charge in [0.2, 0.25) is 5.91 Å². The molecular formula is C24H19N3O5. The number of carbonyl (C=O) groups is 2. The number of nitrogens with zero attached hydrogens (tertiary/aromatic N) is 3. The van der Waals surface area contributed by atoms with Crippen LogP contribution in [0, 0.1) is 23.0 Å².